The van der Waals surface area contributed by atoms with E-state index in [9.17, 15) is 9.18 Å². The lowest BCUT2D eigenvalue weighted by Crippen LogP contribution is -2.22. The predicted molar refractivity (Wildman–Crippen MR) is 146 cm³/mol. The van der Waals surface area contributed by atoms with E-state index in [1.165, 1.54) is 25.0 Å². The number of para-hydroxylation sites is 2. The summed E-state index contributed by atoms with van der Waals surface area (Å²) in [5, 5.41) is 3.90. The van der Waals surface area contributed by atoms with Gasteiger partial charge in [0.1, 0.15) is 18.2 Å². The smallest absolute Gasteiger partial charge is 0.439 e. The molecule has 7 rings (SSSR count). The Balaban J connectivity index is 1.35. The highest BCUT2D eigenvalue weighted by Crippen LogP contribution is 2.41. The Morgan fingerprint density at radius 3 is 2.69 bits per heavy atom. The number of aromatic amines is 1. The molecule has 1 fully saturated rings. The molecule has 2 aliphatic heterocycles. The number of aromatic nitrogens is 4. The normalized spacial score (nSPS) is 16.1. The van der Waals surface area contributed by atoms with Crippen LogP contribution in [0.2, 0.25) is 0 Å². The predicted octanol–water partition coefficient (Wildman–Crippen LogP) is 5.37. The number of nitrogens with zero attached hydrogens (tertiary/aromatic N) is 4. The first-order valence-electron chi connectivity index (χ1n) is 13.1. The molecule has 9 heteroatoms. The average molecular weight is 524 g/mol. The van der Waals surface area contributed by atoms with E-state index in [0.29, 0.717) is 23.7 Å². The lowest BCUT2D eigenvalue weighted by Gasteiger charge is -2.19. The minimum atomic E-state index is -0.633. The molecule has 2 aliphatic rings. The van der Waals surface area contributed by atoms with Crippen LogP contribution in [0.5, 0.6) is 5.75 Å². The maximum absolute atomic E-state index is 14.2. The first kappa shape index (κ1) is 23.5. The first-order valence-corrected chi connectivity index (χ1v) is 13.1. The van der Waals surface area contributed by atoms with Crippen molar-refractivity contribution in [2.75, 3.05) is 18.0 Å². The second kappa shape index (κ2) is 9.27. The van der Waals surface area contributed by atoms with Gasteiger partial charge < -0.3 is 14.2 Å². The molecule has 8 nitrogen and oxygen atoms in total. The fourth-order valence-electron chi connectivity index (χ4n) is 5.71. The van der Waals surface area contributed by atoms with Crippen LogP contribution in [0.4, 0.5) is 10.3 Å². The van der Waals surface area contributed by atoms with Crippen LogP contribution < -0.4 is 15.4 Å². The molecule has 0 unspecified atom stereocenters. The molecule has 1 saturated heterocycles. The van der Waals surface area contributed by atoms with Crippen molar-refractivity contribution in [2.45, 2.75) is 32.9 Å². The zero-order chi connectivity index (χ0) is 26.5. The van der Waals surface area contributed by atoms with Gasteiger partial charge in [0, 0.05) is 30.3 Å². The average Bonchev–Trinajstić information content (AvgIpc) is 3.68. The standard InChI is InChI=1S/C30H26FN5O3/c1-18(28-33-30(37)39-34-28)27-22-10-8-19(14-20(22)17-38-26-15-21(31)9-11-23(26)27)16-36-25-7-3-2-6-24(25)32-29(36)35-12-4-5-13-35/h2-3,6-11,14-15H,4-5,12-13,16-17H2,1H3,(H,33,34,37)/b27-18+. The topological polar surface area (TPSA) is 89.2 Å². The lowest BCUT2D eigenvalue weighted by atomic mass is 9.89. The van der Waals surface area contributed by atoms with E-state index >= 15 is 0 Å². The third-order valence-electron chi connectivity index (χ3n) is 7.57. The van der Waals surface area contributed by atoms with Crippen LogP contribution >= 0.6 is 0 Å². The number of H-pyrrole nitrogens is 1. The van der Waals surface area contributed by atoms with E-state index in [0.717, 1.165) is 57.9 Å². The van der Waals surface area contributed by atoms with Gasteiger partial charge in [-0.3, -0.25) is 9.51 Å². The number of imidazole rings is 1. The van der Waals surface area contributed by atoms with Crippen molar-refractivity contribution < 1.29 is 13.7 Å². The fraction of sp³-hybridized carbons (Fsp3) is 0.233. The van der Waals surface area contributed by atoms with Crippen molar-refractivity contribution in [1.29, 1.82) is 0 Å². The monoisotopic (exact) mass is 523 g/mol. The van der Waals surface area contributed by atoms with Crippen LogP contribution in [0.25, 0.3) is 22.2 Å². The van der Waals surface area contributed by atoms with E-state index in [1.54, 1.807) is 6.07 Å². The van der Waals surface area contributed by atoms with Gasteiger partial charge in [-0.1, -0.05) is 29.4 Å². The number of nitrogens with one attached hydrogen (secondary N) is 1. The van der Waals surface area contributed by atoms with E-state index in [2.05, 4.69) is 49.9 Å². The number of benzene rings is 3. The number of fused-ring (bicyclic) bond motifs is 3. The number of halogens is 1. The van der Waals surface area contributed by atoms with E-state index in [4.69, 9.17) is 14.2 Å². The molecular formula is C30H26FN5O3. The highest BCUT2D eigenvalue weighted by atomic mass is 19.1. The number of hydrogen-bond acceptors (Lipinski definition) is 6. The van der Waals surface area contributed by atoms with Gasteiger partial charge in [0.2, 0.25) is 5.95 Å². The Morgan fingerprint density at radius 1 is 1.05 bits per heavy atom. The molecule has 0 radical (unpaired) electrons. The number of rotatable bonds is 4. The third-order valence-corrected chi connectivity index (χ3v) is 7.57. The van der Waals surface area contributed by atoms with E-state index < -0.39 is 5.76 Å². The van der Waals surface area contributed by atoms with Crippen molar-refractivity contribution >= 4 is 28.1 Å². The van der Waals surface area contributed by atoms with Crippen LogP contribution in [0.15, 0.2) is 70.0 Å². The molecular weight excluding hydrogens is 497 g/mol. The zero-order valence-corrected chi connectivity index (χ0v) is 21.4. The van der Waals surface area contributed by atoms with E-state index in [1.807, 2.05) is 19.1 Å². The summed E-state index contributed by atoms with van der Waals surface area (Å²) < 4.78 is 27.4. The summed E-state index contributed by atoms with van der Waals surface area (Å²) in [6, 6.07) is 19.0. The molecule has 4 heterocycles. The minimum absolute atomic E-state index is 0.273. The molecule has 0 aliphatic carbocycles. The van der Waals surface area contributed by atoms with Crippen LogP contribution in [-0.2, 0) is 13.2 Å². The van der Waals surface area contributed by atoms with Crippen LogP contribution in [0.1, 0.15) is 47.8 Å². The lowest BCUT2D eigenvalue weighted by molar-refractivity contribution is 0.305. The maximum atomic E-state index is 14.2. The Bertz CT molecular complexity index is 1810. The molecule has 2 aromatic heterocycles. The summed E-state index contributed by atoms with van der Waals surface area (Å²) in [5.41, 5.74) is 7.30. The zero-order valence-electron chi connectivity index (χ0n) is 21.4. The highest BCUT2D eigenvalue weighted by Gasteiger charge is 2.25. The summed E-state index contributed by atoms with van der Waals surface area (Å²) >= 11 is 0. The number of hydrogen-bond donors (Lipinski definition) is 1. The van der Waals surface area contributed by atoms with Gasteiger partial charge in [-0.25, -0.2) is 14.2 Å². The molecule has 196 valence electrons. The maximum Gasteiger partial charge on any atom is 0.439 e. The largest absolute Gasteiger partial charge is 0.488 e. The number of allylic oxidation sites excluding steroid dienone is 1. The van der Waals surface area contributed by atoms with Crippen molar-refractivity contribution in [3.63, 3.8) is 0 Å². The second-order valence-corrected chi connectivity index (χ2v) is 10.0. The number of anilines is 1. The molecule has 0 saturated carbocycles. The summed E-state index contributed by atoms with van der Waals surface area (Å²) in [5.74, 6) is 0.737. The molecule has 5 aromatic rings. The van der Waals surface area contributed by atoms with E-state index in [-0.39, 0.29) is 12.4 Å². The summed E-state index contributed by atoms with van der Waals surface area (Å²) in [4.78, 5) is 21.7. The second-order valence-electron chi connectivity index (χ2n) is 10.0. The van der Waals surface area contributed by atoms with Crippen molar-refractivity contribution in [2.24, 2.45) is 0 Å². The molecule has 0 bridgehead atoms. The van der Waals surface area contributed by atoms with Crippen molar-refractivity contribution in [1.82, 2.24) is 19.7 Å². The highest BCUT2D eigenvalue weighted by molar-refractivity contribution is 5.99. The Labute approximate surface area is 223 Å². The molecule has 0 amide bonds. The van der Waals surface area contributed by atoms with Crippen LogP contribution in [0.3, 0.4) is 0 Å². The van der Waals surface area contributed by atoms with Gasteiger partial charge in [-0.15, -0.1) is 0 Å². The molecule has 1 N–H and O–H groups in total. The first-order chi connectivity index (χ1) is 19.0. The van der Waals surface area contributed by atoms with Gasteiger partial charge in [0.05, 0.1) is 17.6 Å². The summed E-state index contributed by atoms with van der Waals surface area (Å²) in [7, 11) is 0. The SMILES string of the molecule is C/C(=C1/c2ccc(Cn3c(N4CCCC4)nc4ccccc43)cc2COc2cc(F)ccc21)c1noc(=O)[nH]1. The van der Waals surface area contributed by atoms with Gasteiger partial charge in [-0.2, -0.15) is 0 Å². The Morgan fingerprint density at radius 2 is 1.87 bits per heavy atom. The fourth-order valence-corrected chi connectivity index (χ4v) is 5.71. The molecule has 3 aromatic carbocycles. The third kappa shape index (κ3) is 4.10. The Hall–Kier alpha value is -4.66. The van der Waals surface area contributed by atoms with Crippen LogP contribution in [0, 0.1) is 5.82 Å². The van der Waals surface area contributed by atoms with Gasteiger partial charge in [-0.05, 0) is 72.4 Å². The quantitative estimate of drug-likeness (QED) is 0.341. The van der Waals surface area contributed by atoms with Crippen LogP contribution in [-0.4, -0.2) is 32.8 Å². The molecule has 39 heavy (non-hydrogen) atoms. The van der Waals surface area contributed by atoms with Crippen molar-refractivity contribution in [3.05, 3.63) is 105 Å². The van der Waals surface area contributed by atoms with Gasteiger partial charge in [0.15, 0.2) is 5.82 Å². The van der Waals surface area contributed by atoms with Crippen molar-refractivity contribution in [3.8, 4) is 5.75 Å². The summed E-state index contributed by atoms with van der Waals surface area (Å²) in [6.45, 7) is 4.80. The van der Waals surface area contributed by atoms with Gasteiger partial charge >= 0.3 is 5.76 Å². The Kier molecular flexibility index (Phi) is 5.57. The number of ether oxygens (including phenoxy) is 1. The van der Waals surface area contributed by atoms with Gasteiger partial charge in [0.25, 0.3) is 0 Å². The molecule has 0 atom stereocenters. The summed E-state index contributed by atoms with van der Waals surface area (Å²) in [6.07, 6.45) is 2.34. The minimum Gasteiger partial charge on any atom is -0.488 e. The molecule has 0 spiro atoms.